The number of morpholine rings is 1. The first-order valence-corrected chi connectivity index (χ1v) is 11.3. The number of nitrogens with one attached hydrogen (secondary N) is 1. The van der Waals surface area contributed by atoms with E-state index in [9.17, 15) is 14.9 Å². The first-order chi connectivity index (χ1) is 15.6. The molecule has 1 N–H and O–H groups in total. The number of ether oxygens (including phenoxy) is 1. The number of carbonyl (C=O) groups is 1. The van der Waals surface area contributed by atoms with Crippen molar-refractivity contribution in [1.29, 1.82) is 0 Å². The molecule has 12 heteroatoms. The van der Waals surface area contributed by atoms with Crippen LogP contribution in [0, 0.1) is 10.1 Å². The van der Waals surface area contributed by atoms with Gasteiger partial charge in [0.05, 0.1) is 36.3 Å². The summed E-state index contributed by atoms with van der Waals surface area (Å²) in [7, 11) is 0. The van der Waals surface area contributed by atoms with E-state index < -0.39 is 10.8 Å². The third-order valence-electron chi connectivity index (χ3n) is 4.99. The maximum absolute atomic E-state index is 12.5. The maximum Gasteiger partial charge on any atom is 0.282 e. The number of hydrogen-bond acceptors (Lipinski definition) is 9. The van der Waals surface area contributed by atoms with Gasteiger partial charge in [0.1, 0.15) is 11.4 Å². The van der Waals surface area contributed by atoms with Crippen molar-refractivity contribution >= 4 is 40.2 Å². The van der Waals surface area contributed by atoms with E-state index in [0.717, 1.165) is 30.0 Å². The van der Waals surface area contributed by atoms with Crippen LogP contribution in [-0.2, 0) is 11.3 Å². The van der Waals surface area contributed by atoms with Gasteiger partial charge in [-0.15, -0.1) is 0 Å². The molecule has 1 saturated heterocycles. The molecule has 0 spiro atoms. The highest BCUT2D eigenvalue weighted by atomic mass is 32.2. The van der Waals surface area contributed by atoms with E-state index in [1.807, 2.05) is 6.92 Å². The summed E-state index contributed by atoms with van der Waals surface area (Å²) < 4.78 is 7.18. The molecule has 0 radical (unpaired) electrons. The van der Waals surface area contributed by atoms with Crippen molar-refractivity contribution in [3.05, 3.63) is 46.1 Å². The van der Waals surface area contributed by atoms with E-state index in [0.29, 0.717) is 30.6 Å². The molecule has 2 aromatic heterocycles. The number of carbonyl (C=O) groups excluding carboxylic acids is 1. The van der Waals surface area contributed by atoms with Crippen LogP contribution >= 0.6 is 11.8 Å². The number of nitrogens with zero attached hydrogens (tertiary/aromatic N) is 6. The Morgan fingerprint density at radius 1 is 1.28 bits per heavy atom. The van der Waals surface area contributed by atoms with Crippen LogP contribution in [0.4, 0.5) is 11.5 Å². The van der Waals surface area contributed by atoms with Crippen molar-refractivity contribution in [3.8, 4) is 0 Å². The molecule has 1 aliphatic rings. The maximum atomic E-state index is 12.5. The second-order valence-electron chi connectivity index (χ2n) is 7.00. The van der Waals surface area contributed by atoms with Crippen molar-refractivity contribution in [3.63, 3.8) is 0 Å². The first kappa shape index (κ1) is 22.0. The summed E-state index contributed by atoms with van der Waals surface area (Å²) in [6, 6.07) is 5.88. The zero-order chi connectivity index (χ0) is 22.5. The molecule has 0 unspecified atom stereocenters. The molecule has 4 rings (SSSR count). The average Bonchev–Trinajstić information content (AvgIpc) is 3.22. The van der Waals surface area contributed by atoms with Gasteiger partial charge in [-0.2, -0.15) is 5.10 Å². The smallest absolute Gasteiger partial charge is 0.282 e. The van der Waals surface area contributed by atoms with E-state index in [-0.39, 0.29) is 17.8 Å². The van der Waals surface area contributed by atoms with Crippen molar-refractivity contribution in [2.24, 2.45) is 0 Å². The van der Waals surface area contributed by atoms with Crippen molar-refractivity contribution in [1.82, 2.24) is 25.1 Å². The molecule has 168 valence electrons. The molecule has 0 bridgehead atoms. The van der Waals surface area contributed by atoms with Crippen LogP contribution in [-0.4, -0.2) is 69.2 Å². The monoisotopic (exact) mass is 457 g/mol. The summed E-state index contributed by atoms with van der Waals surface area (Å²) in [5.74, 6) is 1.18. The highest BCUT2D eigenvalue weighted by molar-refractivity contribution is 7.99. The third kappa shape index (κ3) is 4.65. The Balaban J connectivity index is 1.53. The number of para-hydroxylation sites is 1. The quantitative estimate of drug-likeness (QED) is 0.234. The zero-order valence-electron chi connectivity index (χ0n) is 17.6. The number of anilines is 1. The van der Waals surface area contributed by atoms with Gasteiger partial charge in [0, 0.05) is 25.7 Å². The van der Waals surface area contributed by atoms with Crippen LogP contribution in [0.25, 0.3) is 11.0 Å². The van der Waals surface area contributed by atoms with Crippen LogP contribution < -0.4 is 10.2 Å². The standard InChI is InChI=1S/C20H23N7O4S/c1-2-32-20-23-17(25-9-11-31-12-10-25)15-13-22-26(18(15)24-20)8-7-21-19(28)14-5-3-4-6-16(14)27(29)30/h3-6,13H,2,7-12H2,1H3,(H,21,28). The van der Waals surface area contributed by atoms with Gasteiger partial charge in [0.15, 0.2) is 10.8 Å². The largest absolute Gasteiger partial charge is 0.378 e. The van der Waals surface area contributed by atoms with E-state index in [4.69, 9.17) is 9.72 Å². The average molecular weight is 458 g/mol. The van der Waals surface area contributed by atoms with E-state index >= 15 is 0 Å². The molecule has 1 fully saturated rings. The number of rotatable bonds is 8. The van der Waals surface area contributed by atoms with Gasteiger partial charge in [-0.3, -0.25) is 14.9 Å². The van der Waals surface area contributed by atoms with Gasteiger partial charge >= 0.3 is 0 Å². The normalized spacial score (nSPS) is 14.0. The first-order valence-electron chi connectivity index (χ1n) is 10.3. The predicted octanol–water partition coefficient (Wildman–Crippen LogP) is 2.11. The van der Waals surface area contributed by atoms with Crippen LogP contribution in [0.2, 0.25) is 0 Å². The number of nitro groups is 1. The molecular formula is C20H23N7O4S. The van der Waals surface area contributed by atoms with Gasteiger partial charge in [-0.05, 0) is 11.8 Å². The van der Waals surface area contributed by atoms with E-state index in [2.05, 4.69) is 20.3 Å². The number of nitro benzene ring substituents is 1. The second-order valence-corrected chi connectivity index (χ2v) is 8.23. The zero-order valence-corrected chi connectivity index (χ0v) is 18.4. The Hall–Kier alpha value is -3.25. The molecule has 11 nitrogen and oxygen atoms in total. The topological polar surface area (TPSA) is 128 Å². The Morgan fingerprint density at radius 3 is 2.81 bits per heavy atom. The Morgan fingerprint density at radius 2 is 2.06 bits per heavy atom. The highest BCUT2D eigenvalue weighted by Crippen LogP contribution is 2.27. The van der Waals surface area contributed by atoms with Crippen LogP contribution in [0.5, 0.6) is 0 Å². The number of thioether (sulfide) groups is 1. The molecular weight excluding hydrogens is 434 g/mol. The summed E-state index contributed by atoms with van der Waals surface area (Å²) in [5, 5.41) is 19.9. The number of aromatic nitrogens is 4. The van der Waals surface area contributed by atoms with Crippen molar-refractivity contribution in [2.75, 3.05) is 43.5 Å². The summed E-state index contributed by atoms with van der Waals surface area (Å²) in [6.07, 6.45) is 1.74. The summed E-state index contributed by atoms with van der Waals surface area (Å²) in [6.45, 7) is 5.45. The molecule has 3 aromatic rings. The van der Waals surface area contributed by atoms with Gasteiger partial charge < -0.3 is 15.0 Å². The summed E-state index contributed by atoms with van der Waals surface area (Å²) >= 11 is 1.56. The number of amides is 1. The number of benzene rings is 1. The van der Waals surface area contributed by atoms with Crippen LogP contribution in [0.15, 0.2) is 35.6 Å². The van der Waals surface area contributed by atoms with Crippen molar-refractivity contribution < 1.29 is 14.5 Å². The Bertz CT molecular complexity index is 1130. The fourth-order valence-corrected chi connectivity index (χ4v) is 4.05. The fraction of sp³-hybridized carbons (Fsp3) is 0.400. The molecule has 1 aromatic carbocycles. The Labute approximate surface area is 188 Å². The number of hydrogen-bond donors (Lipinski definition) is 1. The molecule has 0 aliphatic carbocycles. The molecule has 3 heterocycles. The van der Waals surface area contributed by atoms with E-state index in [1.165, 1.54) is 18.2 Å². The minimum atomic E-state index is -0.563. The lowest BCUT2D eigenvalue weighted by atomic mass is 10.1. The second kappa shape index (κ2) is 9.92. The van der Waals surface area contributed by atoms with Gasteiger partial charge in [-0.1, -0.05) is 30.8 Å². The lowest BCUT2D eigenvalue weighted by Crippen LogP contribution is -2.37. The minimum absolute atomic E-state index is 0.0291. The molecule has 1 aliphatic heterocycles. The third-order valence-corrected chi connectivity index (χ3v) is 5.72. The van der Waals surface area contributed by atoms with Gasteiger partial charge in [-0.25, -0.2) is 14.6 Å². The van der Waals surface area contributed by atoms with Crippen molar-refractivity contribution in [2.45, 2.75) is 18.6 Å². The SMILES string of the molecule is CCSc1nc(N2CCOCC2)c2cnn(CCNC(=O)c3ccccc3[N+](=O)[O-])c2n1. The lowest BCUT2D eigenvalue weighted by Gasteiger charge is -2.28. The lowest BCUT2D eigenvalue weighted by molar-refractivity contribution is -0.385. The predicted molar refractivity (Wildman–Crippen MR) is 120 cm³/mol. The molecule has 0 saturated carbocycles. The summed E-state index contributed by atoms with van der Waals surface area (Å²) in [5.41, 5.74) is 0.498. The van der Waals surface area contributed by atoms with E-state index in [1.54, 1.807) is 28.7 Å². The van der Waals surface area contributed by atoms with Crippen LogP contribution in [0.3, 0.4) is 0 Å². The van der Waals surface area contributed by atoms with Gasteiger partial charge in [0.2, 0.25) is 0 Å². The van der Waals surface area contributed by atoms with Crippen LogP contribution in [0.1, 0.15) is 17.3 Å². The molecule has 32 heavy (non-hydrogen) atoms. The summed E-state index contributed by atoms with van der Waals surface area (Å²) in [4.78, 5) is 34.7. The molecule has 1 amide bonds. The highest BCUT2D eigenvalue weighted by Gasteiger charge is 2.21. The number of fused-ring (bicyclic) bond motifs is 1. The molecule has 0 atom stereocenters. The minimum Gasteiger partial charge on any atom is -0.378 e. The Kier molecular flexibility index (Phi) is 6.81. The fourth-order valence-electron chi connectivity index (χ4n) is 3.49. The van der Waals surface area contributed by atoms with Gasteiger partial charge in [0.25, 0.3) is 11.6 Å².